The van der Waals surface area contributed by atoms with Crippen LogP contribution in [0.2, 0.25) is 0 Å². The molecule has 1 aliphatic carbocycles. The smallest absolute Gasteiger partial charge is 0.227 e. The monoisotopic (exact) mass is 383 g/mol. The van der Waals surface area contributed by atoms with Crippen LogP contribution >= 0.6 is 0 Å². The highest BCUT2D eigenvalue weighted by Crippen LogP contribution is 2.49. The maximum Gasteiger partial charge on any atom is 0.227 e. The van der Waals surface area contributed by atoms with Crippen molar-refractivity contribution in [1.82, 2.24) is 15.0 Å². The van der Waals surface area contributed by atoms with Crippen LogP contribution in [0.25, 0.3) is 0 Å². The lowest BCUT2D eigenvalue weighted by molar-refractivity contribution is -0.129. The minimum atomic E-state index is -0.131. The van der Waals surface area contributed by atoms with E-state index < -0.39 is 0 Å². The molecule has 2 aliphatic rings. The number of hydrogen-bond acceptors (Lipinski definition) is 5. The maximum absolute atomic E-state index is 13.0. The molecule has 2 aromatic rings. The molecule has 0 unspecified atom stereocenters. The molecule has 2 atom stereocenters. The summed E-state index contributed by atoms with van der Waals surface area (Å²) < 4.78 is 10.7. The van der Waals surface area contributed by atoms with Gasteiger partial charge in [0.05, 0.1) is 18.9 Å². The quantitative estimate of drug-likeness (QED) is 0.765. The van der Waals surface area contributed by atoms with E-state index >= 15 is 0 Å². The molecule has 0 N–H and O–H groups in total. The van der Waals surface area contributed by atoms with E-state index in [1.807, 2.05) is 29.2 Å². The Kier molecular flexibility index (Phi) is 5.13. The number of nitrogens with zero attached hydrogens (tertiary/aromatic N) is 3. The van der Waals surface area contributed by atoms with Crippen molar-refractivity contribution in [1.29, 1.82) is 0 Å². The average molecular weight is 383 g/mol. The molecule has 28 heavy (non-hydrogen) atoms. The summed E-state index contributed by atoms with van der Waals surface area (Å²) in [6.07, 6.45) is 4.54. The summed E-state index contributed by atoms with van der Waals surface area (Å²) in [7, 11) is 1.65. The van der Waals surface area contributed by atoms with Crippen LogP contribution in [0.3, 0.4) is 0 Å². The fraction of sp³-hybridized carbons (Fsp3) is 0.591. The van der Waals surface area contributed by atoms with E-state index in [-0.39, 0.29) is 11.3 Å². The number of carbonyl (C=O) groups excluding carboxylic acids is 1. The van der Waals surface area contributed by atoms with Gasteiger partial charge in [0.1, 0.15) is 5.75 Å². The van der Waals surface area contributed by atoms with Gasteiger partial charge < -0.3 is 14.2 Å². The lowest BCUT2D eigenvalue weighted by Crippen LogP contribution is -2.36. The Morgan fingerprint density at radius 2 is 2.14 bits per heavy atom. The fourth-order valence-corrected chi connectivity index (χ4v) is 4.76. The highest BCUT2D eigenvalue weighted by atomic mass is 16.5. The van der Waals surface area contributed by atoms with Gasteiger partial charge in [-0.2, -0.15) is 4.98 Å². The third-order valence-electron chi connectivity index (χ3n) is 6.23. The first-order chi connectivity index (χ1) is 13.5. The van der Waals surface area contributed by atoms with Gasteiger partial charge in [0.2, 0.25) is 11.8 Å². The minimum absolute atomic E-state index is 0.131. The van der Waals surface area contributed by atoms with Gasteiger partial charge in [-0.25, -0.2) is 0 Å². The molecule has 6 heteroatoms. The first-order valence-electron chi connectivity index (χ1n) is 10.2. The molecule has 1 saturated carbocycles. The highest BCUT2D eigenvalue weighted by molar-refractivity contribution is 5.79. The van der Waals surface area contributed by atoms with Crippen LogP contribution in [-0.4, -0.2) is 41.1 Å². The van der Waals surface area contributed by atoms with Gasteiger partial charge in [0.25, 0.3) is 0 Å². The second-order valence-electron chi connectivity index (χ2n) is 8.65. The molecule has 1 aromatic heterocycles. The Balaban J connectivity index is 1.48. The van der Waals surface area contributed by atoms with Crippen molar-refractivity contribution in [3.05, 3.63) is 41.5 Å². The molecule has 2 fully saturated rings. The Morgan fingerprint density at radius 1 is 1.36 bits per heavy atom. The van der Waals surface area contributed by atoms with Gasteiger partial charge in [-0.3, -0.25) is 4.79 Å². The van der Waals surface area contributed by atoms with Crippen molar-refractivity contribution in [2.24, 2.45) is 11.8 Å². The number of likely N-dealkylation sites (tertiary alicyclic amines) is 1. The van der Waals surface area contributed by atoms with Crippen LogP contribution in [0.4, 0.5) is 0 Å². The van der Waals surface area contributed by atoms with Gasteiger partial charge in [0.15, 0.2) is 5.82 Å². The number of ether oxygens (including phenoxy) is 1. The van der Waals surface area contributed by atoms with Gasteiger partial charge >= 0.3 is 0 Å². The number of rotatable bonds is 6. The zero-order valence-electron chi connectivity index (χ0n) is 17.0. The summed E-state index contributed by atoms with van der Waals surface area (Å²) in [5.74, 6) is 3.41. The standard InChI is InChI=1S/C22H29N3O3/c1-15(2)11-19-23-21(24-28-19)22-10-4-5-17(22)13-25(14-22)20(26)12-16-6-8-18(27-3)9-7-16/h6-9,15,17H,4-5,10-14H2,1-3H3/t17-,22-/m1/s1. The third kappa shape index (κ3) is 3.52. The fourth-order valence-electron chi connectivity index (χ4n) is 4.76. The average Bonchev–Trinajstić information content (AvgIpc) is 3.35. The largest absolute Gasteiger partial charge is 0.497 e. The van der Waals surface area contributed by atoms with Gasteiger partial charge in [-0.05, 0) is 42.4 Å². The van der Waals surface area contributed by atoms with Gasteiger partial charge in [-0.1, -0.05) is 37.6 Å². The Morgan fingerprint density at radius 3 is 2.86 bits per heavy atom. The molecule has 0 spiro atoms. The zero-order valence-corrected chi connectivity index (χ0v) is 17.0. The van der Waals surface area contributed by atoms with Crippen molar-refractivity contribution >= 4 is 5.91 Å². The van der Waals surface area contributed by atoms with E-state index in [9.17, 15) is 4.79 Å². The van der Waals surface area contributed by atoms with Gasteiger partial charge in [-0.15, -0.1) is 0 Å². The molecule has 1 aliphatic heterocycles. The van der Waals surface area contributed by atoms with Crippen LogP contribution in [0.5, 0.6) is 5.75 Å². The molecule has 1 amide bonds. The lowest BCUT2D eigenvalue weighted by atomic mass is 9.80. The molecule has 6 nitrogen and oxygen atoms in total. The number of benzene rings is 1. The first kappa shape index (κ1) is 19.0. The van der Waals surface area contributed by atoms with Crippen LogP contribution in [0, 0.1) is 11.8 Å². The number of methoxy groups -OCH3 is 1. The van der Waals surface area contributed by atoms with E-state index in [1.165, 1.54) is 6.42 Å². The molecular weight excluding hydrogens is 354 g/mol. The maximum atomic E-state index is 13.0. The molecule has 0 radical (unpaired) electrons. The summed E-state index contributed by atoms with van der Waals surface area (Å²) in [6.45, 7) is 5.79. The Labute approximate surface area is 166 Å². The number of fused-ring (bicyclic) bond motifs is 1. The second-order valence-corrected chi connectivity index (χ2v) is 8.65. The van der Waals surface area contributed by atoms with Crippen molar-refractivity contribution in [3.63, 3.8) is 0 Å². The van der Waals surface area contributed by atoms with Crippen LogP contribution < -0.4 is 4.74 Å². The van der Waals surface area contributed by atoms with Crippen molar-refractivity contribution < 1.29 is 14.1 Å². The molecule has 0 bridgehead atoms. The van der Waals surface area contributed by atoms with E-state index in [4.69, 9.17) is 14.2 Å². The third-order valence-corrected chi connectivity index (χ3v) is 6.23. The number of amides is 1. The molecule has 150 valence electrons. The van der Waals surface area contributed by atoms with E-state index in [1.54, 1.807) is 7.11 Å². The van der Waals surface area contributed by atoms with E-state index in [0.717, 1.165) is 42.9 Å². The molecular formula is C22H29N3O3. The predicted octanol–water partition coefficient (Wildman–Crippen LogP) is 3.40. The Hall–Kier alpha value is -2.37. The van der Waals surface area contributed by atoms with Crippen LogP contribution in [-0.2, 0) is 23.1 Å². The highest BCUT2D eigenvalue weighted by Gasteiger charge is 2.54. The summed E-state index contributed by atoms with van der Waals surface area (Å²) in [5, 5.41) is 4.34. The van der Waals surface area contributed by atoms with Crippen molar-refractivity contribution in [2.75, 3.05) is 20.2 Å². The van der Waals surface area contributed by atoms with Crippen molar-refractivity contribution in [3.8, 4) is 5.75 Å². The normalized spacial score (nSPS) is 24.0. The number of hydrogen-bond donors (Lipinski definition) is 0. The SMILES string of the molecule is COc1ccc(CC(=O)N2C[C@H]3CCC[C@@]3(c3noc(CC(C)C)n3)C2)cc1. The summed E-state index contributed by atoms with van der Waals surface area (Å²) >= 11 is 0. The first-order valence-corrected chi connectivity index (χ1v) is 10.2. The molecule has 1 aromatic carbocycles. The topological polar surface area (TPSA) is 68.5 Å². The van der Waals surface area contributed by atoms with E-state index in [0.29, 0.717) is 30.7 Å². The summed E-state index contributed by atoms with van der Waals surface area (Å²) in [6, 6.07) is 7.72. The summed E-state index contributed by atoms with van der Waals surface area (Å²) in [4.78, 5) is 19.7. The van der Waals surface area contributed by atoms with Gasteiger partial charge in [0, 0.05) is 19.5 Å². The summed E-state index contributed by atoms with van der Waals surface area (Å²) in [5.41, 5.74) is 0.879. The number of carbonyl (C=O) groups is 1. The molecule has 4 rings (SSSR count). The second kappa shape index (κ2) is 7.57. The number of aromatic nitrogens is 2. The molecule has 1 saturated heterocycles. The Bertz CT molecular complexity index is 830. The zero-order chi connectivity index (χ0) is 19.7. The molecule has 2 heterocycles. The van der Waals surface area contributed by atoms with E-state index in [2.05, 4.69) is 19.0 Å². The predicted molar refractivity (Wildman–Crippen MR) is 105 cm³/mol. The van der Waals surface area contributed by atoms with Crippen LogP contribution in [0.15, 0.2) is 28.8 Å². The minimum Gasteiger partial charge on any atom is -0.497 e. The van der Waals surface area contributed by atoms with Crippen molar-refractivity contribution in [2.45, 2.75) is 51.4 Å². The van der Waals surface area contributed by atoms with Crippen LogP contribution in [0.1, 0.15) is 50.4 Å². The lowest BCUT2D eigenvalue weighted by Gasteiger charge is -2.24.